The molecule has 0 atom stereocenters. The molecular formula is C15H16N5O2+. The van der Waals surface area contributed by atoms with E-state index in [1.54, 1.807) is 7.05 Å². The highest BCUT2D eigenvalue weighted by Gasteiger charge is 2.23. The third kappa shape index (κ3) is 2.20. The highest BCUT2D eigenvalue weighted by molar-refractivity contribution is 5.78. The molecule has 0 aliphatic carbocycles. The molecular weight excluding hydrogens is 282 g/mol. The Morgan fingerprint density at radius 2 is 1.73 bits per heavy atom. The van der Waals surface area contributed by atoms with E-state index in [1.165, 1.54) is 11.6 Å². The van der Waals surface area contributed by atoms with Gasteiger partial charge in [-0.05, 0) is 10.6 Å². The fourth-order valence-corrected chi connectivity index (χ4v) is 2.36. The van der Waals surface area contributed by atoms with Crippen LogP contribution in [0.4, 0.5) is 0 Å². The number of hydrogen-bond acceptors (Lipinski definition) is 2. The van der Waals surface area contributed by atoms with E-state index in [2.05, 4.69) is 9.98 Å². The zero-order valence-corrected chi connectivity index (χ0v) is 12.6. The van der Waals surface area contributed by atoms with E-state index < -0.39 is 11.2 Å². The summed E-state index contributed by atoms with van der Waals surface area (Å²) in [5.74, 6) is 0.428. The predicted octanol–water partition coefficient (Wildman–Crippen LogP) is -1.46. The van der Waals surface area contributed by atoms with E-state index in [1.807, 2.05) is 42.0 Å². The van der Waals surface area contributed by atoms with E-state index in [0.29, 0.717) is 18.0 Å². The molecule has 3 rings (SSSR count). The van der Waals surface area contributed by atoms with Crippen LogP contribution < -0.4 is 22.1 Å². The molecule has 0 amide bonds. The van der Waals surface area contributed by atoms with Gasteiger partial charge in [-0.3, -0.25) is 18.5 Å². The Morgan fingerprint density at radius 3 is 2.41 bits per heavy atom. The van der Waals surface area contributed by atoms with Crippen LogP contribution in [0.1, 0.15) is 5.56 Å². The minimum Gasteiger partial charge on any atom is -0.265 e. The predicted molar refractivity (Wildman–Crippen MR) is 80.6 cm³/mol. The van der Waals surface area contributed by atoms with Crippen LogP contribution in [-0.2, 0) is 20.6 Å². The fraction of sp³-hybridized carbons (Fsp3) is 0.267. The Bertz CT molecular complexity index is 1010. The van der Waals surface area contributed by atoms with Crippen LogP contribution >= 0.6 is 0 Å². The lowest BCUT2D eigenvalue weighted by molar-refractivity contribution is -0.515. The molecule has 2 heterocycles. The number of nitrogens with zero attached hydrogens (tertiary/aromatic N) is 5. The SMILES string of the molecule is Cn1c(=O)c2c(n(C)c1=O)=NC(=[N+](C)Cc1ccccc1)N=2. The summed E-state index contributed by atoms with van der Waals surface area (Å²) in [5, 5.41) is 0.208. The molecule has 22 heavy (non-hydrogen) atoms. The van der Waals surface area contributed by atoms with Gasteiger partial charge in [0.1, 0.15) is 0 Å². The third-order valence-corrected chi connectivity index (χ3v) is 3.63. The van der Waals surface area contributed by atoms with Crippen LogP contribution in [0, 0.1) is 0 Å². The summed E-state index contributed by atoms with van der Waals surface area (Å²) in [6.07, 6.45) is 0. The molecule has 0 N–H and O–H groups in total. The Labute approximate surface area is 125 Å². The number of benzene rings is 1. The van der Waals surface area contributed by atoms with Gasteiger partial charge in [0, 0.05) is 14.1 Å². The third-order valence-electron chi connectivity index (χ3n) is 3.63. The van der Waals surface area contributed by atoms with Crippen molar-refractivity contribution >= 4 is 5.96 Å². The minimum absolute atomic E-state index is 0.208. The van der Waals surface area contributed by atoms with Crippen molar-refractivity contribution < 1.29 is 4.58 Å². The molecule has 1 aromatic heterocycles. The monoisotopic (exact) mass is 298 g/mol. The highest BCUT2D eigenvalue weighted by Crippen LogP contribution is 2.00. The first-order valence-electron chi connectivity index (χ1n) is 6.84. The van der Waals surface area contributed by atoms with Gasteiger partial charge in [-0.25, -0.2) is 4.79 Å². The summed E-state index contributed by atoms with van der Waals surface area (Å²) in [6, 6.07) is 9.90. The first-order valence-corrected chi connectivity index (χ1v) is 6.84. The van der Waals surface area contributed by atoms with E-state index in [4.69, 9.17) is 0 Å². The molecule has 0 spiro atoms. The standard InChI is InChI=1S/C15H16N5O2/c1-18(9-10-7-5-4-6-8-10)14-16-11-12(17-14)19(2)15(22)20(3)13(11)21/h4-8H,9H2,1-3H3/q+1. The summed E-state index contributed by atoms with van der Waals surface area (Å²) in [5.41, 5.74) is 0.586. The average molecular weight is 298 g/mol. The second-order valence-electron chi connectivity index (χ2n) is 5.24. The molecule has 1 aromatic carbocycles. The number of rotatable bonds is 2. The van der Waals surface area contributed by atoms with Crippen molar-refractivity contribution in [3.8, 4) is 0 Å². The van der Waals surface area contributed by atoms with Gasteiger partial charge < -0.3 is 0 Å². The van der Waals surface area contributed by atoms with Gasteiger partial charge in [0.15, 0.2) is 0 Å². The highest BCUT2D eigenvalue weighted by atomic mass is 16.2. The topological polar surface area (TPSA) is 71.7 Å². The Balaban J connectivity index is 2.16. The van der Waals surface area contributed by atoms with Crippen LogP contribution in [0.15, 0.2) is 49.9 Å². The molecule has 0 bridgehead atoms. The van der Waals surface area contributed by atoms with Gasteiger partial charge in [0.2, 0.25) is 0 Å². The maximum atomic E-state index is 12.1. The van der Waals surface area contributed by atoms with E-state index >= 15 is 0 Å². The van der Waals surface area contributed by atoms with Gasteiger partial charge >= 0.3 is 17.2 Å². The Kier molecular flexibility index (Phi) is 3.32. The minimum atomic E-state index is -0.426. The lowest BCUT2D eigenvalue weighted by Gasteiger charge is -2.00. The molecule has 1 aliphatic rings. The van der Waals surface area contributed by atoms with Gasteiger partial charge in [-0.2, -0.15) is 0 Å². The smallest absolute Gasteiger partial charge is 0.265 e. The number of fused-ring (bicyclic) bond motifs is 1. The van der Waals surface area contributed by atoms with Crippen LogP contribution in [-0.4, -0.2) is 26.7 Å². The second kappa shape index (κ2) is 5.18. The van der Waals surface area contributed by atoms with Crippen molar-refractivity contribution in [3.05, 3.63) is 67.6 Å². The van der Waals surface area contributed by atoms with Crippen molar-refractivity contribution in [2.45, 2.75) is 6.54 Å². The zero-order valence-electron chi connectivity index (χ0n) is 12.6. The largest absolute Gasteiger partial charge is 0.431 e. The molecule has 0 fully saturated rings. The fourth-order valence-electron chi connectivity index (χ4n) is 2.36. The van der Waals surface area contributed by atoms with E-state index in [-0.39, 0.29) is 5.36 Å². The first kappa shape index (κ1) is 14.1. The van der Waals surface area contributed by atoms with Crippen molar-refractivity contribution in [3.63, 3.8) is 0 Å². The molecule has 112 valence electrons. The average Bonchev–Trinajstić information content (AvgIpc) is 2.97. The lowest BCUT2D eigenvalue weighted by atomic mass is 10.2. The molecule has 0 saturated carbocycles. The quantitative estimate of drug-likeness (QED) is 0.635. The van der Waals surface area contributed by atoms with Gasteiger partial charge in [0.25, 0.3) is 10.8 Å². The van der Waals surface area contributed by atoms with Crippen molar-refractivity contribution in [2.24, 2.45) is 24.1 Å². The summed E-state index contributed by atoms with van der Waals surface area (Å²) < 4.78 is 4.22. The van der Waals surface area contributed by atoms with Gasteiger partial charge in [-0.15, -0.1) is 0 Å². The van der Waals surface area contributed by atoms with Crippen LogP contribution in [0.3, 0.4) is 0 Å². The van der Waals surface area contributed by atoms with Crippen LogP contribution in [0.25, 0.3) is 0 Å². The maximum absolute atomic E-state index is 12.1. The number of guanidine groups is 1. The Hall–Kier alpha value is -2.83. The number of hydrogen-bond donors (Lipinski definition) is 0. The molecule has 7 nitrogen and oxygen atoms in total. The maximum Gasteiger partial charge on any atom is 0.431 e. The summed E-state index contributed by atoms with van der Waals surface area (Å²) >= 11 is 0. The molecule has 0 radical (unpaired) electrons. The summed E-state index contributed by atoms with van der Waals surface area (Å²) in [6.45, 7) is 0.616. The zero-order chi connectivity index (χ0) is 15.9. The molecule has 0 saturated heterocycles. The molecule has 2 aromatic rings. The van der Waals surface area contributed by atoms with E-state index in [9.17, 15) is 9.59 Å². The Morgan fingerprint density at radius 1 is 1.05 bits per heavy atom. The van der Waals surface area contributed by atoms with E-state index in [0.717, 1.165) is 10.1 Å². The summed E-state index contributed by atoms with van der Waals surface area (Å²) in [4.78, 5) is 32.7. The molecule has 7 heteroatoms. The molecule has 1 aliphatic heterocycles. The van der Waals surface area contributed by atoms with Crippen molar-refractivity contribution in [1.82, 2.24) is 9.13 Å². The van der Waals surface area contributed by atoms with Gasteiger partial charge in [-0.1, -0.05) is 35.3 Å². The first-order chi connectivity index (χ1) is 10.5. The van der Waals surface area contributed by atoms with Gasteiger partial charge in [0.05, 0.1) is 13.6 Å². The number of aromatic nitrogens is 2. The lowest BCUT2D eigenvalue weighted by Crippen LogP contribution is -2.55. The second-order valence-corrected chi connectivity index (χ2v) is 5.24. The van der Waals surface area contributed by atoms with Crippen LogP contribution in [0.2, 0.25) is 0 Å². The van der Waals surface area contributed by atoms with Crippen molar-refractivity contribution in [1.29, 1.82) is 0 Å². The summed E-state index contributed by atoms with van der Waals surface area (Å²) in [7, 11) is 4.87. The van der Waals surface area contributed by atoms with Crippen LogP contribution in [0.5, 0.6) is 0 Å². The van der Waals surface area contributed by atoms with Crippen molar-refractivity contribution in [2.75, 3.05) is 7.05 Å². The molecule has 0 unspecified atom stereocenters. The normalized spacial score (nSPS) is 15.0.